The van der Waals surface area contributed by atoms with Gasteiger partial charge < -0.3 is 15.0 Å². The van der Waals surface area contributed by atoms with Gasteiger partial charge in [0.25, 0.3) is 0 Å². The molecule has 2 aromatic carbocycles. The van der Waals surface area contributed by atoms with Crippen molar-refractivity contribution in [1.82, 2.24) is 10.3 Å². The summed E-state index contributed by atoms with van der Waals surface area (Å²) in [6, 6.07) is 18.8. The number of ether oxygens (including phenoxy) is 1. The molecule has 0 bridgehead atoms. The average molecular weight is 319 g/mol. The molecule has 4 heteroatoms. The largest absolute Gasteiger partial charge is 0.497 e. The Hall–Kier alpha value is -2.59. The molecule has 0 atom stereocenters. The van der Waals surface area contributed by atoms with Gasteiger partial charge in [-0.2, -0.15) is 0 Å². The van der Waals surface area contributed by atoms with Crippen molar-refractivity contribution in [1.29, 1.82) is 0 Å². The van der Waals surface area contributed by atoms with Crippen LogP contribution >= 0.6 is 0 Å². The van der Waals surface area contributed by atoms with Crippen LogP contribution < -0.4 is 15.0 Å². The molecule has 2 heterocycles. The number of hydrogen-bond acceptors (Lipinski definition) is 4. The molecular weight excluding hydrogens is 298 g/mol. The molecule has 122 valence electrons. The van der Waals surface area contributed by atoms with E-state index in [9.17, 15) is 0 Å². The zero-order valence-corrected chi connectivity index (χ0v) is 13.8. The molecule has 4 nitrogen and oxygen atoms in total. The first-order valence-electron chi connectivity index (χ1n) is 8.35. The van der Waals surface area contributed by atoms with E-state index in [0.29, 0.717) is 0 Å². The van der Waals surface area contributed by atoms with Crippen LogP contribution in [-0.4, -0.2) is 38.3 Å². The van der Waals surface area contributed by atoms with Crippen molar-refractivity contribution in [3.05, 3.63) is 54.6 Å². The van der Waals surface area contributed by atoms with Crippen molar-refractivity contribution >= 4 is 16.6 Å². The first kappa shape index (κ1) is 15.0. The number of methoxy groups -OCH3 is 1. The molecule has 3 aromatic rings. The van der Waals surface area contributed by atoms with Crippen LogP contribution in [-0.2, 0) is 0 Å². The maximum Gasteiger partial charge on any atom is 0.137 e. The minimum absolute atomic E-state index is 0.863. The monoisotopic (exact) mass is 319 g/mol. The van der Waals surface area contributed by atoms with E-state index in [1.165, 1.54) is 10.8 Å². The van der Waals surface area contributed by atoms with Gasteiger partial charge in [-0.3, -0.25) is 0 Å². The van der Waals surface area contributed by atoms with E-state index < -0.39 is 0 Å². The summed E-state index contributed by atoms with van der Waals surface area (Å²) in [5, 5.41) is 5.86. The van der Waals surface area contributed by atoms with Crippen molar-refractivity contribution in [3.8, 4) is 17.0 Å². The fraction of sp³-hybridized carbons (Fsp3) is 0.250. The lowest BCUT2D eigenvalue weighted by atomic mass is 10.1. The minimum Gasteiger partial charge on any atom is -0.497 e. The molecule has 0 unspecified atom stereocenters. The topological polar surface area (TPSA) is 37.4 Å². The standard InChI is InChI=1S/C20H21N3O/c1-24-17-8-6-15(7-9-17)19-14-16-4-2-3-5-18(16)20(22-19)23-12-10-21-11-13-23/h2-9,14,21H,10-13H2,1H3. The van der Waals surface area contributed by atoms with Crippen LogP contribution in [0.25, 0.3) is 22.0 Å². The number of piperazine rings is 1. The van der Waals surface area contributed by atoms with Crippen molar-refractivity contribution < 1.29 is 4.74 Å². The zero-order chi connectivity index (χ0) is 16.4. The fourth-order valence-electron chi connectivity index (χ4n) is 3.21. The van der Waals surface area contributed by atoms with Gasteiger partial charge in [-0.15, -0.1) is 0 Å². The highest BCUT2D eigenvalue weighted by atomic mass is 16.5. The second kappa shape index (κ2) is 6.49. The van der Waals surface area contributed by atoms with Crippen molar-refractivity contribution in [2.75, 3.05) is 38.2 Å². The Kier molecular flexibility index (Phi) is 4.05. The Morgan fingerprint density at radius 2 is 1.75 bits per heavy atom. The van der Waals surface area contributed by atoms with Gasteiger partial charge in [0.2, 0.25) is 0 Å². The van der Waals surface area contributed by atoms with E-state index in [2.05, 4.69) is 52.7 Å². The maximum atomic E-state index is 5.26. The Morgan fingerprint density at radius 3 is 2.50 bits per heavy atom. The number of fused-ring (bicyclic) bond motifs is 1. The van der Waals surface area contributed by atoms with E-state index >= 15 is 0 Å². The molecular formula is C20H21N3O. The highest BCUT2D eigenvalue weighted by Gasteiger charge is 2.16. The van der Waals surface area contributed by atoms with Gasteiger partial charge in [0, 0.05) is 37.1 Å². The van der Waals surface area contributed by atoms with Crippen LogP contribution in [0.4, 0.5) is 5.82 Å². The highest BCUT2D eigenvalue weighted by molar-refractivity contribution is 5.95. The zero-order valence-electron chi connectivity index (χ0n) is 13.8. The summed E-state index contributed by atoms with van der Waals surface area (Å²) in [6.07, 6.45) is 0. The summed E-state index contributed by atoms with van der Waals surface area (Å²) >= 11 is 0. The van der Waals surface area contributed by atoms with E-state index in [4.69, 9.17) is 9.72 Å². The Labute approximate surface area is 142 Å². The van der Waals surface area contributed by atoms with Gasteiger partial charge in [0.1, 0.15) is 11.6 Å². The van der Waals surface area contributed by atoms with Crippen LogP contribution in [0.3, 0.4) is 0 Å². The number of nitrogens with one attached hydrogen (secondary N) is 1. The van der Waals surface area contributed by atoms with Crippen molar-refractivity contribution in [2.24, 2.45) is 0 Å². The predicted molar refractivity (Wildman–Crippen MR) is 98.8 cm³/mol. The number of aromatic nitrogens is 1. The summed E-state index contributed by atoms with van der Waals surface area (Å²) in [7, 11) is 1.69. The first-order valence-corrected chi connectivity index (χ1v) is 8.35. The molecule has 4 rings (SSSR count). The van der Waals surface area contributed by atoms with Gasteiger partial charge in [0.05, 0.1) is 12.8 Å². The second-order valence-corrected chi connectivity index (χ2v) is 6.02. The molecule has 24 heavy (non-hydrogen) atoms. The molecule has 1 aliphatic heterocycles. The molecule has 1 aliphatic rings. The number of pyridine rings is 1. The normalized spacial score (nSPS) is 14.8. The lowest BCUT2D eigenvalue weighted by Gasteiger charge is -2.29. The molecule has 0 aliphatic carbocycles. The summed E-state index contributed by atoms with van der Waals surface area (Å²) in [6.45, 7) is 3.98. The summed E-state index contributed by atoms with van der Waals surface area (Å²) in [5.74, 6) is 1.95. The van der Waals surface area contributed by atoms with E-state index in [1.807, 2.05) is 12.1 Å². The maximum absolute atomic E-state index is 5.26. The second-order valence-electron chi connectivity index (χ2n) is 6.02. The average Bonchev–Trinajstić information content (AvgIpc) is 2.68. The van der Waals surface area contributed by atoms with Gasteiger partial charge >= 0.3 is 0 Å². The lowest BCUT2D eigenvalue weighted by molar-refractivity contribution is 0.415. The minimum atomic E-state index is 0.863. The number of rotatable bonds is 3. The lowest BCUT2D eigenvalue weighted by Crippen LogP contribution is -2.44. The van der Waals surface area contributed by atoms with Crippen LogP contribution in [0.5, 0.6) is 5.75 Å². The van der Waals surface area contributed by atoms with Crippen LogP contribution in [0.15, 0.2) is 54.6 Å². The van der Waals surface area contributed by atoms with E-state index in [-0.39, 0.29) is 0 Å². The van der Waals surface area contributed by atoms with Gasteiger partial charge in [-0.25, -0.2) is 4.98 Å². The van der Waals surface area contributed by atoms with E-state index in [0.717, 1.165) is 49.0 Å². The van der Waals surface area contributed by atoms with Gasteiger partial charge in [0.15, 0.2) is 0 Å². The van der Waals surface area contributed by atoms with E-state index in [1.54, 1.807) is 7.11 Å². The van der Waals surface area contributed by atoms with Crippen LogP contribution in [0, 0.1) is 0 Å². The predicted octanol–water partition coefficient (Wildman–Crippen LogP) is 3.32. The molecule has 1 N–H and O–H groups in total. The molecule has 1 fully saturated rings. The molecule has 1 aromatic heterocycles. The fourth-order valence-corrected chi connectivity index (χ4v) is 3.21. The summed E-state index contributed by atoms with van der Waals surface area (Å²) < 4.78 is 5.26. The van der Waals surface area contributed by atoms with Crippen molar-refractivity contribution in [3.63, 3.8) is 0 Å². The summed E-state index contributed by atoms with van der Waals surface area (Å²) in [4.78, 5) is 7.39. The first-order chi connectivity index (χ1) is 11.8. The van der Waals surface area contributed by atoms with Crippen LogP contribution in [0.2, 0.25) is 0 Å². The molecule has 0 saturated carbocycles. The SMILES string of the molecule is COc1ccc(-c2cc3ccccc3c(N3CCNCC3)n2)cc1. The smallest absolute Gasteiger partial charge is 0.137 e. The van der Waals surface area contributed by atoms with Crippen LogP contribution in [0.1, 0.15) is 0 Å². The number of hydrogen-bond donors (Lipinski definition) is 1. The third-order valence-electron chi connectivity index (χ3n) is 4.52. The number of anilines is 1. The Balaban J connectivity index is 1.83. The third-order valence-corrected chi connectivity index (χ3v) is 4.52. The molecule has 0 spiro atoms. The molecule has 0 amide bonds. The third kappa shape index (κ3) is 2.81. The van der Waals surface area contributed by atoms with Gasteiger partial charge in [-0.05, 0) is 35.7 Å². The van der Waals surface area contributed by atoms with Gasteiger partial charge in [-0.1, -0.05) is 24.3 Å². The molecule has 0 radical (unpaired) electrons. The Bertz CT molecular complexity index is 839. The molecule has 1 saturated heterocycles. The van der Waals surface area contributed by atoms with Crippen molar-refractivity contribution in [2.45, 2.75) is 0 Å². The summed E-state index contributed by atoms with van der Waals surface area (Å²) in [5.41, 5.74) is 2.11. The highest BCUT2D eigenvalue weighted by Crippen LogP contribution is 2.30. The quantitative estimate of drug-likeness (QED) is 0.803. The number of benzene rings is 2. The number of nitrogens with zero attached hydrogens (tertiary/aromatic N) is 2. The Morgan fingerprint density at radius 1 is 1.00 bits per heavy atom.